The quantitative estimate of drug-likeness (QED) is 0.597. The fourth-order valence-corrected chi connectivity index (χ4v) is 2.67. The van der Waals surface area contributed by atoms with Crippen LogP contribution in [0.4, 0.5) is 5.69 Å². The van der Waals surface area contributed by atoms with Crippen molar-refractivity contribution in [3.8, 4) is 0 Å². The average Bonchev–Trinajstić information content (AvgIpc) is 3.13. The normalized spacial score (nSPS) is 11.2. The molecule has 2 N–H and O–H groups in total. The Kier molecular flexibility index (Phi) is 2.90. The molecule has 0 spiro atoms. The summed E-state index contributed by atoms with van der Waals surface area (Å²) in [4.78, 5) is 24.2. The van der Waals surface area contributed by atoms with E-state index in [1.165, 1.54) is 0 Å². The summed E-state index contributed by atoms with van der Waals surface area (Å²) in [5, 5.41) is 2.94. The average molecular weight is 305 g/mol. The van der Waals surface area contributed by atoms with Gasteiger partial charge in [0.1, 0.15) is 0 Å². The van der Waals surface area contributed by atoms with Crippen molar-refractivity contribution in [2.75, 3.05) is 5.32 Å². The lowest BCUT2D eigenvalue weighted by molar-refractivity contribution is 0.102. The zero-order valence-corrected chi connectivity index (χ0v) is 12.8. The van der Waals surface area contributed by atoms with Crippen molar-refractivity contribution in [2.45, 2.75) is 13.8 Å². The number of nitrogens with zero attached hydrogens (tertiary/aromatic N) is 3. The maximum atomic E-state index is 12.5. The molecule has 0 fully saturated rings. The van der Waals surface area contributed by atoms with Gasteiger partial charge in [0.15, 0.2) is 5.65 Å². The topological polar surface area (TPSA) is 75.1 Å². The number of carbonyl (C=O) groups is 1. The van der Waals surface area contributed by atoms with Crippen molar-refractivity contribution in [2.24, 2.45) is 0 Å². The summed E-state index contributed by atoms with van der Waals surface area (Å²) in [6.07, 6.45) is 3.56. The van der Waals surface area contributed by atoms with Gasteiger partial charge in [0.25, 0.3) is 5.91 Å². The third-order valence-electron chi connectivity index (χ3n) is 4.06. The molecule has 0 aliphatic carbocycles. The van der Waals surface area contributed by atoms with Crippen LogP contribution in [0.3, 0.4) is 0 Å². The van der Waals surface area contributed by atoms with E-state index in [1.807, 2.05) is 42.6 Å². The maximum Gasteiger partial charge on any atom is 0.255 e. The molecule has 114 valence electrons. The molecule has 0 saturated carbocycles. The number of amides is 1. The number of fused-ring (bicyclic) bond motifs is 2. The molecule has 0 saturated heterocycles. The molecule has 1 aromatic carbocycles. The van der Waals surface area contributed by atoms with Gasteiger partial charge in [-0.25, -0.2) is 9.97 Å². The molecule has 6 heteroatoms. The van der Waals surface area contributed by atoms with Crippen LogP contribution in [-0.4, -0.2) is 25.3 Å². The Hall–Kier alpha value is -3.15. The summed E-state index contributed by atoms with van der Waals surface area (Å²) in [5.41, 5.74) is 5.70. The number of aryl methyl sites for hydroxylation is 2. The monoisotopic (exact) mass is 305 g/mol. The molecule has 4 aromatic rings. The lowest BCUT2D eigenvalue weighted by Gasteiger charge is -2.07. The van der Waals surface area contributed by atoms with Crippen LogP contribution < -0.4 is 5.32 Å². The Bertz CT molecular complexity index is 1040. The van der Waals surface area contributed by atoms with E-state index in [0.29, 0.717) is 11.3 Å². The Labute approximate surface area is 132 Å². The van der Waals surface area contributed by atoms with Crippen LogP contribution in [0, 0.1) is 13.8 Å². The zero-order chi connectivity index (χ0) is 16.0. The first-order valence-corrected chi connectivity index (χ1v) is 7.32. The highest BCUT2D eigenvalue weighted by molar-refractivity contribution is 6.07. The standard InChI is InChI=1S/C17H15N5O/c1-10-11(2)22-7-3-4-14(16(22)20-10)21-17(23)12-5-6-13-15(8-12)19-9-18-13/h3-9H,1-2H3,(H,18,19)(H,21,23). The van der Waals surface area contributed by atoms with Crippen LogP contribution in [0.1, 0.15) is 21.7 Å². The molecule has 0 atom stereocenters. The van der Waals surface area contributed by atoms with Crippen LogP contribution in [0.2, 0.25) is 0 Å². The Morgan fingerprint density at radius 1 is 1.26 bits per heavy atom. The van der Waals surface area contributed by atoms with Crippen LogP contribution in [0.5, 0.6) is 0 Å². The molecule has 3 aromatic heterocycles. The second-order valence-corrected chi connectivity index (χ2v) is 5.49. The summed E-state index contributed by atoms with van der Waals surface area (Å²) in [7, 11) is 0. The number of pyridine rings is 1. The minimum Gasteiger partial charge on any atom is -0.345 e. The van der Waals surface area contributed by atoms with E-state index in [-0.39, 0.29) is 5.91 Å². The number of benzene rings is 1. The van der Waals surface area contributed by atoms with Gasteiger partial charge in [-0.05, 0) is 44.2 Å². The van der Waals surface area contributed by atoms with Gasteiger partial charge in [0.05, 0.1) is 28.7 Å². The Balaban J connectivity index is 1.72. The van der Waals surface area contributed by atoms with Gasteiger partial charge < -0.3 is 14.7 Å². The van der Waals surface area contributed by atoms with E-state index < -0.39 is 0 Å². The molecule has 6 nitrogen and oxygen atoms in total. The van der Waals surface area contributed by atoms with E-state index in [0.717, 1.165) is 28.1 Å². The van der Waals surface area contributed by atoms with Crippen molar-refractivity contribution < 1.29 is 4.79 Å². The number of carbonyl (C=O) groups excluding carboxylic acids is 1. The molecule has 3 heterocycles. The van der Waals surface area contributed by atoms with E-state index in [9.17, 15) is 4.79 Å². The maximum absolute atomic E-state index is 12.5. The second-order valence-electron chi connectivity index (χ2n) is 5.49. The highest BCUT2D eigenvalue weighted by Gasteiger charge is 2.12. The van der Waals surface area contributed by atoms with E-state index in [4.69, 9.17) is 0 Å². The third-order valence-corrected chi connectivity index (χ3v) is 4.06. The molecule has 4 rings (SSSR count). The lowest BCUT2D eigenvalue weighted by Crippen LogP contribution is -2.12. The summed E-state index contributed by atoms with van der Waals surface area (Å²) in [6.45, 7) is 3.97. The highest BCUT2D eigenvalue weighted by atomic mass is 16.1. The van der Waals surface area contributed by atoms with Crippen LogP contribution >= 0.6 is 0 Å². The fourth-order valence-electron chi connectivity index (χ4n) is 2.67. The van der Waals surface area contributed by atoms with Gasteiger partial charge in [0.2, 0.25) is 0 Å². The number of nitrogens with one attached hydrogen (secondary N) is 2. The summed E-state index contributed by atoms with van der Waals surface area (Å²) >= 11 is 0. The number of aromatic nitrogens is 4. The fraction of sp³-hybridized carbons (Fsp3) is 0.118. The molecule has 1 amide bonds. The largest absolute Gasteiger partial charge is 0.345 e. The summed E-state index contributed by atoms with van der Waals surface area (Å²) < 4.78 is 1.98. The molecular formula is C17H15N5O. The van der Waals surface area contributed by atoms with Crippen molar-refractivity contribution >= 4 is 28.3 Å². The molecule has 0 radical (unpaired) electrons. The van der Waals surface area contributed by atoms with Gasteiger partial charge in [-0.15, -0.1) is 0 Å². The summed E-state index contributed by atoms with van der Waals surface area (Å²) in [6, 6.07) is 9.13. The minimum atomic E-state index is -0.173. The lowest BCUT2D eigenvalue weighted by atomic mass is 10.2. The number of hydrogen-bond donors (Lipinski definition) is 2. The Morgan fingerprint density at radius 3 is 3.00 bits per heavy atom. The van der Waals surface area contributed by atoms with Gasteiger partial charge in [0, 0.05) is 17.5 Å². The summed E-state index contributed by atoms with van der Waals surface area (Å²) in [5.74, 6) is -0.173. The minimum absolute atomic E-state index is 0.173. The number of anilines is 1. The third kappa shape index (κ3) is 2.15. The Morgan fingerprint density at radius 2 is 2.13 bits per heavy atom. The first-order chi connectivity index (χ1) is 11.1. The predicted molar refractivity (Wildman–Crippen MR) is 88.7 cm³/mol. The molecule has 0 unspecified atom stereocenters. The van der Waals surface area contributed by atoms with Gasteiger partial charge >= 0.3 is 0 Å². The van der Waals surface area contributed by atoms with Crippen LogP contribution in [-0.2, 0) is 0 Å². The smallest absolute Gasteiger partial charge is 0.255 e. The van der Waals surface area contributed by atoms with Crippen LogP contribution in [0.25, 0.3) is 16.7 Å². The first kappa shape index (κ1) is 13.5. The van der Waals surface area contributed by atoms with Crippen LogP contribution in [0.15, 0.2) is 42.9 Å². The number of imidazole rings is 2. The SMILES string of the molecule is Cc1nc2c(NC(=O)c3ccc4nc[nH]c4c3)cccn2c1C. The van der Waals surface area contributed by atoms with Crippen molar-refractivity contribution in [1.29, 1.82) is 0 Å². The van der Waals surface area contributed by atoms with E-state index in [2.05, 4.69) is 20.3 Å². The molecule has 0 aliphatic rings. The number of aromatic amines is 1. The molecular weight excluding hydrogens is 290 g/mol. The van der Waals surface area contributed by atoms with Crippen molar-refractivity contribution in [1.82, 2.24) is 19.4 Å². The van der Waals surface area contributed by atoms with Crippen molar-refractivity contribution in [3.05, 3.63) is 59.8 Å². The van der Waals surface area contributed by atoms with Gasteiger partial charge in [-0.2, -0.15) is 0 Å². The van der Waals surface area contributed by atoms with Gasteiger partial charge in [-0.1, -0.05) is 0 Å². The molecule has 0 bridgehead atoms. The highest BCUT2D eigenvalue weighted by Crippen LogP contribution is 2.20. The number of hydrogen-bond acceptors (Lipinski definition) is 3. The second kappa shape index (κ2) is 4.95. The zero-order valence-electron chi connectivity index (χ0n) is 12.8. The first-order valence-electron chi connectivity index (χ1n) is 7.32. The number of H-pyrrole nitrogens is 1. The molecule has 0 aliphatic heterocycles. The molecule has 23 heavy (non-hydrogen) atoms. The van der Waals surface area contributed by atoms with E-state index in [1.54, 1.807) is 18.5 Å². The van der Waals surface area contributed by atoms with Crippen molar-refractivity contribution in [3.63, 3.8) is 0 Å². The van der Waals surface area contributed by atoms with E-state index >= 15 is 0 Å². The van der Waals surface area contributed by atoms with Gasteiger partial charge in [-0.3, -0.25) is 4.79 Å². The predicted octanol–water partition coefficient (Wildman–Crippen LogP) is 3.08. The number of rotatable bonds is 2.